The lowest BCUT2D eigenvalue weighted by Crippen LogP contribution is -2.08. The normalized spacial score (nSPS) is 11.4. The zero-order chi connectivity index (χ0) is 14.8. The van der Waals surface area contributed by atoms with Crippen LogP contribution in [0.1, 0.15) is 11.1 Å². The van der Waals surface area contributed by atoms with Gasteiger partial charge >= 0.3 is 6.18 Å². The summed E-state index contributed by atoms with van der Waals surface area (Å²) in [6.45, 7) is 0.360. The van der Waals surface area contributed by atoms with Gasteiger partial charge in [0, 0.05) is 17.8 Å². The minimum Gasteiger partial charge on any atom is -0.365 e. The molecule has 0 bridgehead atoms. The van der Waals surface area contributed by atoms with Crippen LogP contribution < -0.4 is 5.32 Å². The van der Waals surface area contributed by atoms with Gasteiger partial charge < -0.3 is 5.32 Å². The van der Waals surface area contributed by atoms with Crippen LogP contribution in [-0.4, -0.2) is 4.98 Å². The maximum Gasteiger partial charge on any atom is 0.417 e. The fraction of sp³-hybridized carbons (Fsp3) is 0.154. The van der Waals surface area contributed by atoms with Crippen LogP contribution in [-0.2, 0) is 12.7 Å². The van der Waals surface area contributed by atoms with Crippen LogP contribution in [0.2, 0.25) is 10.0 Å². The Balaban J connectivity index is 2.11. The highest BCUT2D eigenvalue weighted by Crippen LogP contribution is 2.32. The molecule has 0 aliphatic rings. The zero-order valence-electron chi connectivity index (χ0n) is 10.0. The van der Waals surface area contributed by atoms with E-state index in [2.05, 4.69) is 10.3 Å². The average Bonchev–Trinajstić information content (AvgIpc) is 2.36. The number of halogens is 5. The van der Waals surface area contributed by atoms with Gasteiger partial charge in [0.1, 0.15) is 5.82 Å². The number of hydrogen-bond donors (Lipinski definition) is 1. The third kappa shape index (κ3) is 3.77. The van der Waals surface area contributed by atoms with Crippen molar-refractivity contribution >= 4 is 29.0 Å². The molecule has 2 rings (SSSR count). The van der Waals surface area contributed by atoms with Crippen molar-refractivity contribution in [1.82, 2.24) is 4.98 Å². The predicted octanol–water partition coefficient (Wildman–Crippen LogP) is 5.02. The second-order valence-corrected chi connectivity index (χ2v) is 4.88. The first-order valence-corrected chi connectivity index (χ1v) is 6.33. The maximum atomic E-state index is 12.5. The predicted molar refractivity (Wildman–Crippen MR) is 73.0 cm³/mol. The highest BCUT2D eigenvalue weighted by Gasteiger charge is 2.31. The summed E-state index contributed by atoms with van der Waals surface area (Å²) in [7, 11) is 0. The summed E-state index contributed by atoms with van der Waals surface area (Å²) in [6, 6.07) is 7.92. The Morgan fingerprint density at radius 3 is 2.50 bits per heavy atom. The lowest BCUT2D eigenvalue weighted by molar-refractivity contribution is -0.137. The van der Waals surface area contributed by atoms with E-state index in [9.17, 15) is 13.2 Å². The second kappa shape index (κ2) is 5.89. The van der Waals surface area contributed by atoms with Gasteiger partial charge in [0.25, 0.3) is 0 Å². The van der Waals surface area contributed by atoms with Gasteiger partial charge in [-0.3, -0.25) is 0 Å². The number of alkyl halides is 3. The summed E-state index contributed by atoms with van der Waals surface area (Å²) in [6.07, 6.45) is -3.71. The molecular formula is C13H9Cl2F3N2. The van der Waals surface area contributed by atoms with Crippen molar-refractivity contribution in [2.24, 2.45) is 0 Å². The summed E-state index contributed by atoms with van der Waals surface area (Å²) in [5.74, 6) is 0.194. The molecule has 1 aromatic heterocycles. The Labute approximate surface area is 123 Å². The third-order valence-corrected chi connectivity index (χ3v) is 3.04. The third-order valence-electron chi connectivity index (χ3n) is 2.52. The standard InChI is InChI=1S/C13H9Cl2F3N2/c14-10-3-1-2-8(4-10)6-19-12-11(15)5-9(7-20-12)13(16,17)18/h1-5,7H,6H2,(H,19,20). The summed E-state index contributed by atoms with van der Waals surface area (Å²) in [5.41, 5.74) is -0.00827. The fourth-order valence-electron chi connectivity index (χ4n) is 1.56. The minimum absolute atomic E-state index is 0.0816. The maximum absolute atomic E-state index is 12.5. The highest BCUT2D eigenvalue weighted by atomic mass is 35.5. The molecule has 1 heterocycles. The molecule has 20 heavy (non-hydrogen) atoms. The first-order valence-electron chi connectivity index (χ1n) is 5.57. The Morgan fingerprint density at radius 2 is 1.90 bits per heavy atom. The summed E-state index contributed by atoms with van der Waals surface area (Å²) < 4.78 is 37.4. The van der Waals surface area contributed by atoms with E-state index < -0.39 is 11.7 Å². The first kappa shape index (κ1) is 14.9. The van der Waals surface area contributed by atoms with Crippen molar-refractivity contribution in [3.8, 4) is 0 Å². The van der Waals surface area contributed by atoms with Gasteiger partial charge in [-0.05, 0) is 23.8 Å². The van der Waals surface area contributed by atoms with E-state index in [1.807, 2.05) is 6.07 Å². The van der Waals surface area contributed by atoms with Crippen molar-refractivity contribution in [2.45, 2.75) is 12.7 Å². The Bertz CT molecular complexity index is 615. The van der Waals surface area contributed by atoms with Crippen LogP contribution in [0.3, 0.4) is 0 Å². The van der Waals surface area contributed by atoms with Gasteiger partial charge in [-0.2, -0.15) is 13.2 Å². The van der Waals surface area contributed by atoms with Crippen LogP contribution in [0, 0.1) is 0 Å². The number of hydrogen-bond acceptors (Lipinski definition) is 2. The molecule has 1 N–H and O–H groups in total. The van der Waals surface area contributed by atoms with Crippen LogP contribution in [0.25, 0.3) is 0 Å². The molecule has 0 aliphatic carbocycles. The van der Waals surface area contributed by atoms with E-state index >= 15 is 0 Å². The van der Waals surface area contributed by atoms with Gasteiger partial charge in [-0.1, -0.05) is 35.3 Å². The van der Waals surface area contributed by atoms with Gasteiger partial charge in [0.15, 0.2) is 0 Å². The van der Waals surface area contributed by atoms with Gasteiger partial charge in [0.05, 0.1) is 10.6 Å². The minimum atomic E-state index is -4.46. The summed E-state index contributed by atoms with van der Waals surface area (Å²) >= 11 is 11.6. The quantitative estimate of drug-likeness (QED) is 0.859. The largest absolute Gasteiger partial charge is 0.417 e. The Kier molecular flexibility index (Phi) is 4.40. The van der Waals surface area contributed by atoms with E-state index in [1.54, 1.807) is 18.2 Å². The van der Waals surface area contributed by atoms with Gasteiger partial charge in [0.2, 0.25) is 0 Å². The first-order chi connectivity index (χ1) is 9.36. The fourth-order valence-corrected chi connectivity index (χ4v) is 2.00. The number of nitrogens with one attached hydrogen (secondary N) is 1. The van der Waals surface area contributed by atoms with E-state index in [-0.39, 0.29) is 10.8 Å². The number of nitrogens with zero attached hydrogens (tertiary/aromatic N) is 1. The Morgan fingerprint density at radius 1 is 1.15 bits per heavy atom. The van der Waals surface area contributed by atoms with Crippen molar-refractivity contribution in [2.75, 3.05) is 5.32 Å². The van der Waals surface area contributed by atoms with Gasteiger partial charge in [-0.25, -0.2) is 4.98 Å². The molecule has 0 aliphatic heterocycles. The van der Waals surface area contributed by atoms with E-state index in [0.29, 0.717) is 11.6 Å². The van der Waals surface area contributed by atoms with E-state index in [1.165, 1.54) is 0 Å². The SMILES string of the molecule is FC(F)(F)c1cnc(NCc2cccc(Cl)c2)c(Cl)c1. The molecule has 7 heteroatoms. The number of anilines is 1. The molecule has 0 atom stereocenters. The highest BCUT2D eigenvalue weighted by molar-refractivity contribution is 6.33. The molecule has 0 unspecified atom stereocenters. The average molecular weight is 321 g/mol. The molecule has 0 amide bonds. The molecular weight excluding hydrogens is 312 g/mol. The van der Waals surface area contributed by atoms with Crippen LogP contribution in [0.15, 0.2) is 36.5 Å². The molecule has 1 aromatic carbocycles. The van der Waals surface area contributed by atoms with Crippen molar-refractivity contribution in [3.63, 3.8) is 0 Å². The lowest BCUT2D eigenvalue weighted by Gasteiger charge is -2.11. The summed E-state index contributed by atoms with van der Waals surface area (Å²) in [4.78, 5) is 3.69. The van der Waals surface area contributed by atoms with Crippen molar-refractivity contribution in [3.05, 3.63) is 57.7 Å². The van der Waals surface area contributed by atoms with E-state index in [0.717, 1.165) is 17.8 Å². The molecule has 0 spiro atoms. The van der Waals surface area contributed by atoms with Crippen molar-refractivity contribution in [1.29, 1.82) is 0 Å². The van der Waals surface area contributed by atoms with E-state index in [4.69, 9.17) is 23.2 Å². The van der Waals surface area contributed by atoms with Crippen molar-refractivity contribution < 1.29 is 13.2 Å². The molecule has 2 nitrogen and oxygen atoms in total. The van der Waals surface area contributed by atoms with Gasteiger partial charge in [-0.15, -0.1) is 0 Å². The lowest BCUT2D eigenvalue weighted by atomic mass is 10.2. The molecule has 0 saturated carbocycles. The zero-order valence-corrected chi connectivity index (χ0v) is 11.5. The second-order valence-electron chi connectivity index (χ2n) is 4.04. The van der Waals surface area contributed by atoms with Crippen LogP contribution in [0.5, 0.6) is 0 Å². The Hall–Kier alpha value is -1.46. The molecule has 0 radical (unpaired) electrons. The topological polar surface area (TPSA) is 24.9 Å². The smallest absolute Gasteiger partial charge is 0.365 e. The molecule has 2 aromatic rings. The monoisotopic (exact) mass is 320 g/mol. The number of aromatic nitrogens is 1. The number of rotatable bonds is 3. The number of pyridine rings is 1. The van der Waals surface area contributed by atoms with Crippen LogP contribution in [0.4, 0.5) is 19.0 Å². The molecule has 106 valence electrons. The molecule has 0 saturated heterocycles. The summed E-state index contributed by atoms with van der Waals surface area (Å²) in [5, 5.41) is 3.36. The number of benzene rings is 1. The van der Waals surface area contributed by atoms with Crippen LogP contribution >= 0.6 is 23.2 Å². The molecule has 0 fully saturated rings.